The first-order valence-electron chi connectivity index (χ1n) is 13.1. The van der Waals surface area contributed by atoms with Gasteiger partial charge < -0.3 is 24.8 Å². The summed E-state index contributed by atoms with van der Waals surface area (Å²) in [4.78, 5) is 26.8. The largest absolute Gasteiger partial charge is 0.495 e. The Hall–Kier alpha value is -3.67. The topological polar surface area (TPSA) is 123 Å². The van der Waals surface area contributed by atoms with Gasteiger partial charge in [0.1, 0.15) is 23.1 Å². The zero-order valence-electron chi connectivity index (χ0n) is 23.0. The maximum atomic E-state index is 12.2. The molecule has 13 heteroatoms. The van der Waals surface area contributed by atoms with Gasteiger partial charge in [0, 0.05) is 43.1 Å². The molecule has 2 aliphatic rings. The standard InChI is InChI=1S/C28H31Cl2N7O4/c1-5-21(38)34-18-14-33-37(8-9-39-2)26(18)28-32-13-16-10-17(35-27(25(16)36-28)31-12-15-6-7-15)22-23(29)19(40-3)11-20(41-4)24(22)30/h5,10-11,13-15,18,26H,1,6-9,12H2,2-4H3,(H,31,35)(H,34,38). The molecule has 0 saturated heterocycles. The van der Waals surface area contributed by atoms with E-state index >= 15 is 0 Å². The van der Waals surface area contributed by atoms with Gasteiger partial charge in [-0.15, -0.1) is 0 Å². The first-order valence-corrected chi connectivity index (χ1v) is 13.9. The molecule has 0 radical (unpaired) electrons. The molecule has 2 atom stereocenters. The summed E-state index contributed by atoms with van der Waals surface area (Å²) < 4.78 is 16.2. The molecular weight excluding hydrogens is 569 g/mol. The van der Waals surface area contributed by atoms with Gasteiger partial charge in [-0.2, -0.15) is 5.10 Å². The van der Waals surface area contributed by atoms with Gasteiger partial charge in [0.2, 0.25) is 5.91 Å². The van der Waals surface area contributed by atoms with Crippen LogP contribution in [0.3, 0.4) is 0 Å². The fourth-order valence-corrected chi connectivity index (χ4v) is 5.33. The Labute approximate surface area is 247 Å². The molecule has 41 heavy (non-hydrogen) atoms. The third-order valence-electron chi connectivity index (χ3n) is 6.99. The highest BCUT2D eigenvalue weighted by atomic mass is 35.5. The van der Waals surface area contributed by atoms with Gasteiger partial charge >= 0.3 is 0 Å². The Balaban J connectivity index is 1.62. The van der Waals surface area contributed by atoms with Crippen LogP contribution >= 0.6 is 23.2 Å². The number of fused-ring (bicyclic) bond motifs is 1. The number of hydrogen-bond acceptors (Lipinski definition) is 10. The second-order valence-corrected chi connectivity index (χ2v) is 10.5. The summed E-state index contributed by atoms with van der Waals surface area (Å²) in [6, 6.07) is 2.54. The van der Waals surface area contributed by atoms with E-state index in [1.165, 1.54) is 20.3 Å². The number of amides is 1. The minimum atomic E-state index is -0.466. The molecule has 2 unspecified atom stereocenters. The SMILES string of the molecule is C=CC(=O)NC1C=NN(CCOC)C1c1ncc2cc(-c3c(Cl)c(OC)cc(OC)c3Cl)nc(NCC3CC3)c2n1. The van der Waals surface area contributed by atoms with E-state index in [0.29, 0.717) is 69.0 Å². The van der Waals surface area contributed by atoms with Crippen LogP contribution in [0.25, 0.3) is 22.2 Å². The van der Waals surface area contributed by atoms with Crippen molar-refractivity contribution in [2.24, 2.45) is 11.0 Å². The molecule has 11 nitrogen and oxygen atoms in total. The van der Waals surface area contributed by atoms with Gasteiger partial charge in [-0.05, 0) is 30.9 Å². The van der Waals surface area contributed by atoms with Crippen LogP contribution in [0.1, 0.15) is 24.7 Å². The number of aromatic nitrogens is 3. The fraction of sp³-hybridized carbons (Fsp3) is 0.393. The van der Waals surface area contributed by atoms with Crippen molar-refractivity contribution in [2.45, 2.75) is 24.9 Å². The maximum Gasteiger partial charge on any atom is 0.243 e. The van der Waals surface area contributed by atoms with Crippen molar-refractivity contribution in [3.63, 3.8) is 0 Å². The van der Waals surface area contributed by atoms with E-state index in [0.717, 1.165) is 24.8 Å². The lowest BCUT2D eigenvalue weighted by molar-refractivity contribution is -0.117. The maximum absolute atomic E-state index is 12.2. The number of benzene rings is 1. The second kappa shape index (κ2) is 12.5. The van der Waals surface area contributed by atoms with Crippen molar-refractivity contribution in [3.8, 4) is 22.8 Å². The number of rotatable bonds is 12. The molecule has 1 aliphatic carbocycles. The summed E-state index contributed by atoms with van der Waals surface area (Å²) in [7, 11) is 4.67. The molecule has 1 saturated carbocycles. The first kappa shape index (κ1) is 28.8. The Kier molecular flexibility index (Phi) is 8.77. The molecule has 216 valence electrons. The zero-order chi connectivity index (χ0) is 29.1. The minimum Gasteiger partial charge on any atom is -0.495 e. The molecule has 1 amide bonds. The number of carbonyl (C=O) groups excluding carboxylic acids is 1. The van der Waals surface area contributed by atoms with Crippen LogP contribution in [0.2, 0.25) is 10.0 Å². The summed E-state index contributed by atoms with van der Waals surface area (Å²) in [6.07, 6.45) is 6.94. The smallest absolute Gasteiger partial charge is 0.243 e. The summed E-state index contributed by atoms with van der Waals surface area (Å²) >= 11 is 13.5. The highest BCUT2D eigenvalue weighted by molar-refractivity contribution is 6.41. The molecule has 2 N–H and O–H groups in total. The van der Waals surface area contributed by atoms with E-state index in [2.05, 4.69) is 22.3 Å². The minimum absolute atomic E-state index is 0.313. The number of hydrazone groups is 1. The van der Waals surface area contributed by atoms with Crippen LogP contribution < -0.4 is 20.1 Å². The molecule has 0 spiro atoms. The summed E-state index contributed by atoms with van der Waals surface area (Å²) in [5.41, 5.74) is 1.61. The van der Waals surface area contributed by atoms with Crippen LogP contribution in [0, 0.1) is 5.92 Å². The van der Waals surface area contributed by atoms with Crippen molar-refractivity contribution in [1.29, 1.82) is 0 Å². The summed E-state index contributed by atoms with van der Waals surface area (Å²) in [6.45, 7) is 5.23. The van der Waals surface area contributed by atoms with Gasteiger partial charge in [-0.1, -0.05) is 29.8 Å². The highest BCUT2D eigenvalue weighted by Gasteiger charge is 2.36. The molecule has 1 aliphatic heterocycles. The van der Waals surface area contributed by atoms with E-state index in [-0.39, 0.29) is 5.91 Å². The lowest BCUT2D eigenvalue weighted by atomic mass is 10.1. The number of nitrogens with one attached hydrogen (secondary N) is 2. The molecule has 3 aromatic rings. The van der Waals surface area contributed by atoms with Crippen molar-refractivity contribution >= 4 is 52.0 Å². The molecule has 0 bridgehead atoms. The first-order chi connectivity index (χ1) is 19.9. The highest BCUT2D eigenvalue weighted by Crippen LogP contribution is 2.46. The number of hydrogen-bond donors (Lipinski definition) is 2. The predicted octanol–water partition coefficient (Wildman–Crippen LogP) is 4.50. The van der Waals surface area contributed by atoms with Crippen LogP contribution in [0.15, 0.2) is 36.1 Å². The van der Waals surface area contributed by atoms with Crippen molar-refractivity contribution in [3.05, 3.63) is 46.9 Å². The number of halogens is 2. The molecular formula is C28H31Cl2N7O4. The van der Waals surface area contributed by atoms with Gasteiger partial charge in [0.05, 0.1) is 49.2 Å². The van der Waals surface area contributed by atoms with Crippen LogP contribution in [-0.2, 0) is 9.53 Å². The molecule has 3 heterocycles. The van der Waals surface area contributed by atoms with Crippen LogP contribution in [0.5, 0.6) is 11.5 Å². The molecule has 1 aromatic carbocycles. The molecule has 2 aromatic heterocycles. The Morgan fingerprint density at radius 2 is 1.88 bits per heavy atom. The monoisotopic (exact) mass is 599 g/mol. The lowest BCUT2D eigenvalue weighted by Crippen LogP contribution is -2.42. The fourth-order valence-electron chi connectivity index (χ4n) is 4.63. The van der Waals surface area contributed by atoms with Gasteiger partial charge in [-0.25, -0.2) is 15.0 Å². The van der Waals surface area contributed by atoms with Crippen molar-refractivity contribution in [1.82, 2.24) is 25.3 Å². The van der Waals surface area contributed by atoms with Crippen molar-refractivity contribution in [2.75, 3.05) is 46.3 Å². The van der Waals surface area contributed by atoms with Gasteiger partial charge in [-0.3, -0.25) is 9.80 Å². The number of carbonyl (C=O) groups is 1. The Morgan fingerprint density at radius 1 is 1.15 bits per heavy atom. The van der Waals surface area contributed by atoms with Crippen LogP contribution in [-0.4, -0.2) is 79.2 Å². The van der Waals surface area contributed by atoms with Crippen molar-refractivity contribution < 1.29 is 19.0 Å². The Bertz CT molecular complexity index is 1470. The Morgan fingerprint density at radius 3 is 2.51 bits per heavy atom. The molecule has 5 rings (SSSR count). The average molecular weight is 601 g/mol. The van der Waals surface area contributed by atoms with E-state index in [9.17, 15) is 4.79 Å². The number of pyridine rings is 1. The van der Waals surface area contributed by atoms with Crippen LogP contribution in [0.4, 0.5) is 5.82 Å². The third kappa shape index (κ3) is 6.02. The van der Waals surface area contributed by atoms with Gasteiger partial charge in [0.15, 0.2) is 11.6 Å². The number of nitrogens with zero attached hydrogens (tertiary/aromatic N) is 5. The van der Waals surface area contributed by atoms with E-state index in [1.54, 1.807) is 30.6 Å². The quantitative estimate of drug-likeness (QED) is 0.290. The normalized spacial score (nSPS) is 18.0. The lowest BCUT2D eigenvalue weighted by Gasteiger charge is -2.26. The zero-order valence-corrected chi connectivity index (χ0v) is 24.5. The van der Waals surface area contributed by atoms with E-state index in [4.69, 9.17) is 52.4 Å². The number of anilines is 1. The third-order valence-corrected chi connectivity index (χ3v) is 7.74. The number of methoxy groups -OCH3 is 3. The van der Waals surface area contributed by atoms with E-state index < -0.39 is 12.1 Å². The summed E-state index contributed by atoms with van der Waals surface area (Å²) in [5.74, 6) is 2.12. The second-order valence-electron chi connectivity index (χ2n) is 9.73. The molecule has 1 fully saturated rings. The van der Waals surface area contributed by atoms with Gasteiger partial charge in [0.25, 0.3) is 0 Å². The predicted molar refractivity (Wildman–Crippen MR) is 159 cm³/mol. The summed E-state index contributed by atoms with van der Waals surface area (Å²) in [5, 5.41) is 14.0. The van der Waals surface area contributed by atoms with E-state index in [1.807, 2.05) is 6.07 Å². The number of ether oxygens (including phenoxy) is 3. The average Bonchev–Trinajstić information content (AvgIpc) is 3.73.